The van der Waals surface area contributed by atoms with Crippen LogP contribution in [0.4, 0.5) is 10.2 Å². The summed E-state index contributed by atoms with van der Waals surface area (Å²) in [4.78, 5) is 24.9. The van der Waals surface area contributed by atoms with E-state index in [9.17, 15) is 9.18 Å². The van der Waals surface area contributed by atoms with Crippen molar-refractivity contribution in [3.63, 3.8) is 0 Å². The highest BCUT2D eigenvalue weighted by Crippen LogP contribution is 2.33. The zero-order valence-electron chi connectivity index (χ0n) is 18.4. The maximum atomic E-state index is 15.0. The van der Waals surface area contributed by atoms with Crippen LogP contribution in [-0.2, 0) is 13.0 Å². The van der Waals surface area contributed by atoms with E-state index in [1.165, 1.54) is 12.3 Å². The average molecular weight is 513 g/mol. The van der Waals surface area contributed by atoms with Gasteiger partial charge >= 0.3 is 0 Å². The minimum absolute atomic E-state index is 0.133. The maximum absolute atomic E-state index is 15.0. The summed E-state index contributed by atoms with van der Waals surface area (Å²) in [6, 6.07) is 7.78. The van der Waals surface area contributed by atoms with E-state index in [1.54, 1.807) is 28.8 Å². The highest BCUT2D eigenvalue weighted by atomic mass is 35.5. The standard InChI is InChI=1S/C24H19Cl2FN6O2/c25-13-3-4-16(18(27)8-13)22-23-17(24(34)33-6-1-2-20(33)29-23)10-21(30-22)32-7-5-14(12-32)35-15-9-19(26)31-28-11-15/h3-4,8-11,14H,1-2,5-7,12H2/t14-/m1/s1. The number of hydrogen-bond donors (Lipinski definition) is 0. The van der Waals surface area contributed by atoms with Crippen molar-refractivity contribution in [1.29, 1.82) is 0 Å². The zero-order valence-corrected chi connectivity index (χ0v) is 19.9. The zero-order chi connectivity index (χ0) is 24.1. The highest BCUT2D eigenvalue weighted by Gasteiger charge is 2.28. The number of nitrogens with zero attached hydrogens (tertiary/aromatic N) is 6. The molecule has 0 unspecified atom stereocenters. The second-order valence-electron chi connectivity index (χ2n) is 8.63. The second kappa shape index (κ2) is 8.73. The summed E-state index contributed by atoms with van der Waals surface area (Å²) in [6.45, 7) is 1.81. The van der Waals surface area contributed by atoms with Crippen molar-refractivity contribution in [1.82, 2.24) is 24.7 Å². The van der Waals surface area contributed by atoms with E-state index in [2.05, 4.69) is 10.2 Å². The number of aromatic nitrogens is 5. The molecule has 0 N–H and O–H groups in total. The average Bonchev–Trinajstić information content (AvgIpc) is 3.49. The Morgan fingerprint density at radius 1 is 1.11 bits per heavy atom. The van der Waals surface area contributed by atoms with E-state index in [4.69, 9.17) is 37.9 Å². The van der Waals surface area contributed by atoms with Crippen molar-refractivity contribution in [3.05, 3.63) is 68.7 Å². The molecule has 0 saturated carbocycles. The van der Waals surface area contributed by atoms with Gasteiger partial charge in [-0.25, -0.2) is 14.4 Å². The molecule has 0 spiro atoms. The first kappa shape index (κ1) is 22.2. The normalized spacial score (nSPS) is 17.2. The fourth-order valence-corrected chi connectivity index (χ4v) is 5.02. The van der Waals surface area contributed by atoms with Crippen molar-refractivity contribution in [2.45, 2.75) is 31.9 Å². The van der Waals surface area contributed by atoms with Gasteiger partial charge in [-0.15, -0.1) is 5.10 Å². The third-order valence-electron chi connectivity index (χ3n) is 6.35. The summed E-state index contributed by atoms with van der Waals surface area (Å²) < 4.78 is 22.7. The van der Waals surface area contributed by atoms with E-state index in [0.717, 1.165) is 12.8 Å². The van der Waals surface area contributed by atoms with Gasteiger partial charge in [-0.3, -0.25) is 9.36 Å². The van der Waals surface area contributed by atoms with Gasteiger partial charge in [-0.2, -0.15) is 5.10 Å². The number of rotatable bonds is 4. The summed E-state index contributed by atoms with van der Waals surface area (Å²) in [5.74, 6) is 1.28. The summed E-state index contributed by atoms with van der Waals surface area (Å²) >= 11 is 11.9. The first-order valence-corrected chi connectivity index (χ1v) is 12.0. The molecule has 0 aliphatic carbocycles. The summed E-state index contributed by atoms with van der Waals surface area (Å²) in [5.41, 5.74) is 0.845. The minimum atomic E-state index is -0.518. The van der Waals surface area contributed by atoms with Crippen molar-refractivity contribution < 1.29 is 9.13 Å². The third kappa shape index (κ3) is 4.08. The van der Waals surface area contributed by atoms with Crippen molar-refractivity contribution in [2.75, 3.05) is 18.0 Å². The van der Waals surface area contributed by atoms with Crippen LogP contribution in [0.1, 0.15) is 18.7 Å². The molecule has 4 aromatic rings. The first-order chi connectivity index (χ1) is 17.0. The Kier molecular flexibility index (Phi) is 5.53. The van der Waals surface area contributed by atoms with Gasteiger partial charge in [-0.1, -0.05) is 23.2 Å². The number of benzene rings is 1. The molecule has 178 valence electrons. The lowest BCUT2D eigenvalue weighted by Gasteiger charge is -2.20. The molecule has 8 nitrogen and oxygen atoms in total. The van der Waals surface area contributed by atoms with Crippen LogP contribution in [0.5, 0.6) is 5.75 Å². The predicted molar refractivity (Wildman–Crippen MR) is 131 cm³/mol. The summed E-state index contributed by atoms with van der Waals surface area (Å²) in [7, 11) is 0. The van der Waals surface area contributed by atoms with Gasteiger partial charge < -0.3 is 9.64 Å². The van der Waals surface area contributed by atoms with Crippen LogP contribution in [0, 0.1) is 5.82 Å². The first-order valence-electron chi connectivity index (χ1n) is 11.3. The van der Waals surface area contributed by atoms with Crippen LogP contribution in [0.2, 0.25) is 10.2 Å². The van der Waals surface area contributed by atoms with E-state index >= 15 is 0 Å². The quantitative estimate of drug-likeness (QED) is 0.402. The molecule has 0 amide bonds. The van der Waals surface area contributed by atoms with Crippen molar-refractivity contribution >= 4 is 39.9 Å². The highest BCUT2D eigenvalue weighted by molar-refractivity contribution is 6.30. The molecule has 1 saturated heterocycles. The second-order valence-corrected chi connectivity index (χ2v) is 9.45. The van der Waals surface area contributed by atoms with Gasteiger partial charge in [0.15, 0.2) is 5.15 Å². The van der Waals surface area contributed by atoms with E-state index in [0.29, 0.717) is 60.0 Å². The topological polar surface area (TPSA) is 86.0 Å². The smallest absolute Gasteiger partial charge is 0.261 e. The van der Waals surface area contributed by atoms with E-state index < -0.39 is 5.82 Å². The monoisotopic (exact) mass is 512 g/mol. The molecule has 1 fully saturated rings. The number of hydrogen-bond acceptors (Lipinski definition) is 7. The van der Waals surface area contributed by atoms with Gasteiger partial charge in [0.25, 0.3) is 5.56 Å². The predicted octanol–water partition coefficient (Wildman–Crippen LogP) is 4.30. The molecule has 11 heteroatoms. The number of anilines is 1. The van der Waals surface area contributed by atoms with Crippen LogP contribution < -0.4 is 15.2 Å². The molecule has 1 atom stereocenters. The third-order valence-corrected chi connectivity index (χ3v) is 6.77. The maximum Gasteiger partial charge on any atom is 0.261 e. The molecular formula is C24H19Cl2FN6O2. The molecule has 1 aromatic carbocycles. The van der Waals surface area contributed by atoms with E-state index in [-0.39, 0.29) is 27.4 Å². The Morgan fingerprint density at radius 2 is 2.00 bits per heavy atom. The lowest BCUT2D eigenvalue weighted by Crippen LogP contribution is -2.26. The number of aryl methyl sites for hydroxylation is 1. The fraction of sp³-hybridized carbons (Fsp3) is 0.292. The number of ether oxygens (including phenoxy) is 1. The van der Waals surface area contributed by atoms with Gasteiger partial charge in [0.1, 0.15) is 40.5 Å². The summed E-state index contributed by atoms with van der Waals surface area (Å²) in [6.07, 6.45) is 3.66. The van der Waals surface area contributed by atoms with Gasteiger partial charge in [0, 0.05) is 42.6 Å². The number of fused-ring (bicyclic) bond motifs is 2. The Bertz CT molecular complexity index is 1530. The van der Waals surface area contributed by atoms with Crippen LogP contribution in [0.15, 0.2) is 41.3 Å². The van der Waals surface area contributed by atoms with E-state index in [1.807, 2.05) is 4.90 Å². The van der Waals surface area contributed by atoms with Crippen molar-refractivity contribution in [2.24, 2.45) is 0 Å². The molecule has 35 heavy (non-hydrogen) atoms. The van der Waals surface area contributed by atoms with Crippen LogP contribution in [-0.4, -0.2) is 43.9 Å². The molecule has 6 rings (SSSR count). The number of halogens is 3. The molecule has 2 aliphatic rings. The lowest BCUT2D eigenvalue weighted by atomic mass is 10.1. The molecule has 0 radical (unpaired) electrons. The molecule has 3 aromatic heterocycles. The Labute approximate surface area is 209 Å². The van der Waals surface area contributed by atoms with Gasteiger partial charge in [0.05, 0.1) is 18.1 Å². The fourth-order valence-electron chi connectivity index (χ4n) is 4.71. The Balaban J connectivity index is 1.43. The minimum Gasteiger partial charge on any atom is -0.487 e. The SMILES string of the molecule is O=c1c2cc(N3CC[C@@H](Oc4cnnc(Cl)c4)C3)nc(-c3ccc(Cl)cc3F)c2nc2n1CCC2. The Morgan fingerprint density at radius 3 is 2.83 bits per heavy atom. The molecule has 0 bridgehead atoms. The Hall–Kier alpha value is -3.30. The molecule has 5 heterocycles. The van der Waals surface area contributed by atoms with Crippen LogP contribution in [0.25, 0.3) is 22.2 Å². The van der Waals surface area contributed by atoms with Crippen LogP contribution in [0.3, 0.4) is 0 Å². The lowest BCUT2D eigenvalue weighted by molar-refractivity contribution is 0.223. The van der Waals surface area contributed by atoms with Crippen molar-refractivity contribution in [3.8, 4) is 17.0 Å². The van der Waals surface area contributed by atoms with Gasteiger partial charge in [0.2, 0.25) is 0 Å². The van der Waals surface area contributed by atoms with Gasteiger partial charge in [-0.05, 0) is 30.7 Å². The molecular weight excluding hydrogens is 494 g/mol. The van der Waals surface area contributed by atoms with Crippen LogP contribution >= 0.6 is 23.2 Å². The summed E-state index contributed by atoms with van der Waals surface area (Å²) in [5, 5.41) is 8.49. The largest absolute Gasteiger partial charge is 0.487 e. The molecule has 2 aliphatic heterocycles. The number of pyridine rings is 1.